The summed E-state index contributed by atoms with van der Waals surface area (Å²) in [4.78, 5) is 12.2. The van der Waals surface area contributed by atoms with Crippen LogP contribution in [-0.2, 0) is 4.79 Å². The Morgan fingerprint density at radius 3 is 2.76 bits per heavy atom. The summed E-state index contributed by atoms with van der Waals surface area (Å²) in [6.45, 7) is 1.82. The highest BCUT2D eigenvalue weighted by atomic mass is 35.5. The number of rotatable bonds is 2. The molecule has 126 valence electrons. The summed E-state index contributed by atoms with van der Waals surface area (Å²) in [7, 11) is 0. The molecule has 25 heavy (non-hydrogen) atoms. The van der Waals surface area contributed by atoms with Crippen molar-refractivity contribution in [2.75, 3.05) is 5.32 Å². The number of aromatic nitrogens is 4. The molecule has 1 N–H and O–H groups in total. The zero-order valence-corrected chi connectivity index (χ0v) is 14.0. The van der Waals surface area contributed by atoms with Crippen LogP contribution in [0.25, 0.3) is 5.82 Å². The van der Waals surface area contributed by atoms with Crippen LogP contribution in [0.3, 0.4) is 0 Å². The summed E-state index contributed by atoms with van der Waals surface area (Å²) in [6, 6.07) is 9.72. The Kier molecular flexibility index (Phi) is 3.73. The van der Waals surface area contributed by atoms with Gasteiger partial charge in [0, 0.05) is 17.9 Å². The van der Waals surface area contributed by atoms with Crippen LogP contribution in [0.15, 0.2) is 36.4 Å². The van der Waals surface area contributed by atoms with Crippen LogP contribution in [0.4, 0.5) is 10.2 Å². The van der Waals surface area contributed by atoms with Gasteiger partial charge in [-0.25, -0.2) is 4.39 Å². The topological polar surface area (TPSA) is 72.7 Å². The predicted molar refractivity (Wildman–Crippen MR) is 90.4 cm³/mol. The van der Waals surface area contributed by atoms with Crippen LogP contribution in [0.1, 0.15) is 29.2 Å². The maximum absolute atomic E-state index is 14.3. The monoisotopic (exact) mass is 357 g/mol. The van der Waals surface area contributed by atoms with Crippen molar-refractivity contribution in [2.45, 2.75) is 19.3 Å². The molecule has 0 aliphatic carbocycles. The summed E-state index contributed by atoms with van der Waals surface area (Å²) in [5, 5.41) is 15.4. The van der Waals surface area contributed by atoms with E-state index in [4.69, 9.17) is 11.6 Å². The Labute approximate surface area is 147 Å². The highest BCUT2D eigenvalue weighted by molar-refractivity contribution is 6.29. The molecule has 0 saturated carbocycles. The van der Waals surface area contributed by atoms with E-state index in [0.717, 1.165) is 5.56 Å². The molecule has 1 aliphatic rings. The van der Waals surface area contributed by atoms with Gasteiger partial charge in [0.1, 0.15) is 11.6 Å². The lowest BCUT2D eigenvalue weighted by Crippen LogP contribution is -2.25. The molecule has 0 radical (unpaired) electrons. The molecule has 0 spiro atoms. The Bertz CT molecular complexity index is 970. The van der Waals surface area contributed by atoms with Gasteiger partial charge in [-0.1, -0.05) is 29.8 Å². The molecular formula is C17H13ClFN5O. The number of fused-ring (bicyclic) bond motifs is 1. The Balaban J connectivity index is 1.89. The standard InChI is InChI=1S/C17H13ClFN5O/c1-9-16-11(10-4-2-3-5-12(10)19)8-15(25)20-17(16)24(23-9)14-7-6-13(18)21-22-14/h2-7,11H,8H2,1H3,(H,20,25)/t11-/m1/s1. The van der Waals surface area contributed by atoms with Gasteiger partial charge in [-0.2, -0.15) is 9.78 Å². The van der Waals surface area contributed by atoms with Crippen molar-refractivity contribution >= 4 is 23.3 Å². The first-order valence-electron chi connectivity index (χ1n) is 7.68. The predicted octanol–water partition coefficient (Wildman–Crippen LogP) is 3.24. The lowest BCUT2D eigenvalue weighted by Gasteiger charge is -2.24. The van der Waals surface area contributed by atoms with Crippen molar-refractivity contribution in [2.24, 2.45) is 0 Å². The van der Waals surface area contributed by atoms with Gasteiger partial charge in [0.05, 0.1) is 5.69 Å². The summed E-state index contributed by atoms with van der Waals surface area (Å²) in [5.74, 6) is -0.0452. The smallest absolute Gasteiger partial charge is 0.226 e. The second kappa shape index (κ2) is 5.93. The third-order valence-corrected chi connectivity index (χ3v) is 4.42. The SMILES string of the molecule is Cc1nn(-c2ccc(Cl)nn2)c2c1[C@@H](c1ccccc1F)CC(=O)N2. The van der Waals surface area contributed by atoms with Crippen molar-refractivity contribution in [3.8, 4) is 5.82 Å². The molecule has 0 bridgehead atoms. The van der Waals surface area contributed by atoms with E-state index in [1.165, 1.54) is 10.7 Å². The molecule has 3 aromatic rings. The molecule has 0 unspecified atom stereocenters. The molecule has 6 nitrogen and oxygen atoms in total. The number of halogens is 2. The van der Waals surface area contributed by atoms with Gasteiger partial charge < -0.3 is 5.32 Å². The number of benzene rings is 1. The number of hydrogen-bond donors (Lipinski definition) is 1. The third kappa shape index (κ3) is 2.66. The maximum atomic E-state index is 14.3. The van der Waals surface area contributed by atoms with E-state index in [1.807, 2.05) is 6.92 Å². The zero-order valence-electron chi connectivity index (χ0n) is 13.2. The number of nitrogens with one attached hydrogen (secondary N) is 1. The van der Waals surface area contributed by atoms with Crippen LogP contribution in [0.2, 0.25) is 5.15 Å². The van der Waals surface area contributed by atoms with Crippen molar-refractivity contribution in [1.82, 2.24) is 20.0 Å². The van der Waals surface area contributed by atoms with Crippen LogP contribution in [0.5, 0.6) is 0 Å². The molecule has 0 fully saturated rings. The van der Waals surface area contributed by atoms with Gasteiger partial charge >= 0.3 is 0 Å². The summed E-state index contributed by atoms with van der Waals surface area (Å²) < 4.78 is 15.8. The highest BCUT2D eigenvalue weighted by Crippen LogP contribution is 2.40. The zero-order chi connectivity index (χ0) is 17.6. The Morgan fingerprint density at radius 1 is 1.24 bits per heavy atom. The lowest BCUT2D eigenvalue weighted by atomic mass is 9.85. The number of carbonyl (C=O) groups excluding carboxylic acids is 1. The van der Waals surface area contributed by atoms with Crippen molar-refractivity contribution < 1.29 is 9.18 Å². The number of amides is 1. The Morgan fingerprint density at radius 2 is 2.04 bits per heavy atom. The second-order valence-corrected chi connectivity index (χ2v) is 6.19. The van der Waals surface area contributed by atoms with E-state index in [2.05, 4.69) is 20.6 Å². The van der Waals surface area contributed by atoms with Crippen molar-refractivity contribution in [3.63, 3.8) is 0 Å². The fraction of sp³-hybridized carbons (Fsp3) is 0.176. The molecule has 3 heterocycles. The van der Waals surface area contributed by atoms with Gasteiger partial charge in [0.2, 0.25) is 5.91 Å². The van der Waals surface area contributed by atoms with Gasteiger partial charge in [-0.05, 0) is 30.7 Å². The average molecular weight is 358 g/mol. The minimum Gasteiger partial charge on any atom is -0.310 e. The minimum atomic E-state index is -0.404. The van der Waals surface area contributed by atoms with Crippen LogP contribution >= 0.6 is 11.6 Å². The molecule has 4 rings (SSSR count). The molecule has 1 amide bonds. The second-order valence-electron chi connectivity index (χ2n) is 5.80. The average Bonchev–Trinajstić information content (AvgIpc) is 2.92. The van der Waals surface area contributed by atoms with E-state index in [0.29, 0.717) is 22.9 Å². The van der Waals surface area contributed by atoms with Gasteiger partial charge in [-0.3, -0.25) is 4.79 Å². The summed E-state index contributed by atoms with van der Waals surface area (Å²) in [6.07, 6.45) is 0.159. The fourth-order valence-corrected chi connectivity index (χ4v) is 3.26. The van der Waals surface area contributed by atoms with Crippen LogP contribution in [0, 0.1) is 12.7 Å². The number of hydrogen-bond acceptors (Lipinski definition) is 4. The maximum Gasteiger partial charge on any atom is 0.226 e. The van der Waals surface area contributed by atoms with Crippen LogP contribution in [-0.4, -0.2) is 25.9 Å². The van der Waals surface area contributed by atoms with Gasteiger partial charge in [0.25, 0.3) is 0 Å². The first-order valence-corrected chi connectivity index (χ1v) is 8.06. The first kappa shape index (κ1) is 15.7. The highest BCUT2D eigenvalue weighted by Gasteiger charge is 2.34. The van der Waals surface area contributed by atoms with E-state index >= 15 is 0 Å². The van der Waals surface area contributed by atoms with Crippen molar-refractivity contribution in [1.29, 1.82) is 0 Å². The van der Waals surface area contributed by atoms with E-state index in [9.17, 15) is 9.18 Å². The largest absolute Gasteiger partial charge is 0.310 e. The summed E-state index contributed by atoms with van der Waals surface area (Å²) >= 11 is 5.78. The molecule has 2 aromatic heterocycles. The van der Waals surface area contributed by atoms with Crippen molar-refractivity contribution in [3.05, 3.63) is 64.2 Å². The van der Waals surface area contributed by atoms with Gasteiger partial charge in [0.15, 0.2) is 11.0 Å². The molecule has 1 aromatic carbocycles. The lowest BCUT2D eigenvalue weighted by molar-refractivity contribution is -0.116. The summed E-state index contributed by atoms with van der Waals surface area (Å²) in [5.41, 5.74) is 1.95. The fourth-order valence-electron chi connectivity index (χ4n) is 3.16. The minimum absolute atomic E-state index is 0.159. The third-order valence-electron chi connectivity index (χ3n) is 4.22. The molecule has 0 saturated heterocycles. The normalized spacial score (nSPS) is 16.4. The molecule has 8 heteroatoms. The van der Waals surface area contributed by atoms with Crippen LogP contribution < -0.4 is 5.32 Å². The Hall–Kier alpha value is -2.80. The number of nitrogens with zero attached hydrogens (tertiary/aromatic N) is 4. The van der Waals surface area contributed by atoms with Gasteiger partial charge in [-0.15, -0.1) is 10.2 Å². The molecule has 1 aliphatic heterocycles. The first-order chi connectivity index (χ1) is 12.0. The van der Waals surface area contributed by atoms with E-state index in [-0.39, 0.29) is 23.3 Å². The number of anilines is 1. The number of aryl methyl sites for hydroxylation is 1. The quantitative estimate of drug-likeness (QED) is 0.764. The van der Waals surface area contributed by atoms with E-state index in [1.54, 1.807) is 30.3 Å². The number of carbonyl (C=O) groups is 1. The van der Waals surface area contributed by atoms with E-state index < -0.39 is 5.92 Å². The molecule has 1 atom stereocenters. The molecular weight excluding hydrogens is 345 g/mol.